The van der Waals surface area contributed by atoms with E-state index in [1.54, 1.807) is 4.90 Å². The van der Waals surface area contributed by atoms with Crippen LogP contribution in [0.1, 0.15) is 47.5 Å². The maximum Gasteiger partial charge on any atom is 0.410 e. The van der Waals surface area contributed by atoms with Gasteiger partial charge >= 0.3 is 6.09 Å². The summed E-state index contributed by atoms with van der Waals surface area (Å²) in [5.41, 5.74) is -0.522. The fourth-order valence-electron chi connectivity index (χ4n) is 2.23. The van der Waals surface area contributed by atoms with Gasteiger partial charge in [0.05, 0.1) is 0 Å². The van der Waals surface area contributed by atoms with E-state index in [0.29, 0.717) is 25.9 Å². The first-order chi connectivity index (χ1) is 10.1. The molecule has 0 spiro atoms. The third kappa shape index (κ3) is 5.61. The minimum absolute atomic E-state index is 0.0386. The Morgan fingerprint density at radius 2 is 1.77 bits per heavy atom. The van der Waals surface area contributed by atoms with Gasteiger partial charge in [-0.05, 0) is 44.7 Å². The first-order valence-electron chi connectivity index (χ1n) is 7.75. The van der Waals surface area contributed by atoms with Crippen LogP contribution in [0.5, 0.6) is 0 Å². The molecule has 1 saturated heterocycles. The second kappa shape index (κ2) is 7.56. The van der Waals surface area contributed by atoms with Crippen LogP contribution in [0, 0.1) is 16.7 Å². The molecular weight excluding hydrogens is 286 g/mol. The van der Waals surface area contributed by atoms with E-state index in [0.717, 1.165) is 0 Å². The predicted octanol–water partition coefficient (Wildman–Crippen LogP) is 2.50. The van der Waals surface area contributed by atoms with Gasteiger partial charge in [0.15, 0.2) is 6.17 Å². The van der Waals surface area contributed by atoms with Crippen LogP contribution in [-0.2, 0) is 9.53 Å². The van der Waals surface area contributed by atoms with Crippen molar-refractivity contribution in [2.75, 3.05) is 13.1 Å². The zero-order valence-electron chi connectivity index (χ0n) is 14.1. The number of nitroso groups, excluding NO2 is 1. The first-order valence-corrected chi connectivity index (χ1v) is 7.75. The third-order valence-corrected chi connectivity index (χ3v) is 3.55. The number of nitrogens with zero attached hydrogens (tertiary/aromatic N) is 2. The van der Waals surface area contributed by atoms with E-state index in [1.807, 2.05) is 34.6 Å². The van der Waals surface area contributed by atoms with Gasteiger partial charge in [0.2, 0.25) is 5.91 Å². The fraction of sp³-hybridized carbons (Fsp3) is 0.867. The molecule has 2 amide bonds. The number of ether oxygens (including phenoxy) is 1. The average molecular weight is 313 g/mol. The topological polar surface area (TPSA) is 88.1 Å². The number of carbonyl (C=O) groups excluding carboxylic acids is 2. The molecule has 0 aromatic carbocycles. The van der Waals surface area contributed by atoms with Crippen molar-refractivity contribution in [2.45, 2.75) is 59.2 Å². The van der Waals surface area contributed by atoms with E-state index in [4.69, 9.17) is 4.74 Å². The van der Waals surface area contributed by atoms with Crippen LogP contribution >= 0.6 is 0 Å². The maximum absolute atomic E-state index is 12.1. The highest BCUT2D eigenvalue weighted by Crippen LogP contribution is 2.20. The van der Waals surface area contributed by atoms with Gasteiger partial charge in [0, 0.05) is 19.0 Å². The van der Waals surface area contributed by atoms with Gasteiger partial charge in [0.1, 0.15) is 5.60 Å². The number of carbonyl (C=O) groups is 2. The highest BCUT2D eigenvalue weighted by atomic mass is 16.6. The first kappa shape index (κ1) is 18.4. The molecule has 126 valence electrons. The van der Waals surface area contributed by atoms with Crippen LogP contribution in [0.2, 0.25) is 0 Å². The van der Waals surface area contributed by atoms with Crippen molar-refractivity contribution >= 4 is 12.0 Å². The van der Waals surface area contributed by atoms with Gasteiger partial charge in [-0.2, -0.15) is 0 Å². The van der Waals surface area contributed by atoms with Crippen molar-refractivity contribution in [3.63, 3.8) is 0 Å². The van der Waals surface area contributed by atoms with Crippen molar-refractivity contribution < 1.29 is 14.3 Å². The molecule has 1 rings (SSSR count). The lowest BCUT2D eigenvalue weighted by Gasteiger charge is -2.33. The van der Waals surface area contributed by atoms with E-state index >= 15 is 0 Å². The molecule has 1 heterocycles. The maximum atomic E-state index is 12.1. The molecule has 1 unspecified atom stereocenters. The largest absolute Gasteiger partial charge is 0.444 e. The quantitative estimate of drug-likeness (QED) is 0.808. The molecular formula is C15H27N3O4. The number of nitrogens with one attached hydrogen (secondary N) is 1. The number of hydrogen-bond acceptors (Lipinski definition) is 5. The SMILES string of the molecule is CC(C)C(N=O)NC(=O)C1CCN(C(=O)OC(C)(C)C)CC1. The molecule has 7 heteroatoms. The Morgan fingerprint density at radius 3 is 2.18 bits per heavy atom. The molecule has 0 saturated carbocycles. The highest BCUT2D eigenvalue weighted by molar-refractivity contribution is 5.79. The van der Waals surface area contributed by atoms with Crippen molar-refractivity contribution in [3.05, 3.63) is 4.91 Å². The summed E-state index contributed by atoms with van der Waals surface area (Å²) >= 11 is 0. The van der Waals surface area contributed by atoms with Gasteiger partial charge < -0.3 is 15.0 Å². The standard InChI is InChI=1S/C15H27N3O4/c1-10(2)12(17-21)16-13(19)11-6-8-18(9-7-11)14(20)22-15(3,4)5/h10-12H,6-9H2,1-5H3,(H,16,19). The van der Waals surface area contributed by atoms with E-state index in [2.05, 4.69) is 10.5 Å². The summed E-state index contributed by atoms with van der Waals surface area (Å²) in [4.78, 5) is 36.4. The minimum Gasteiger partial charge on any atom is -0.444 e. The average Bonchev–Trinajstić information content (AvgIpc) is 2.42. The van der Waals surface area contributed by atoms with Crippen molar-refractivity contribution in [1.82, 2.24) is 10.2 Å². The molecule has 1 N–H and O–H groups in total. The van der Waals surface area contributed by atoms with Crippen LogP contribution in [0.25, 0.3) is 0 Å². The lowest BCUT2D eigenvalue weighted by Crippen LogP contribution is -2.47. The number of piperidine rings is 1. The zero-order chi connectivity index (χ0) is 16.9. The summed E-state index contributed by atoms with van der Waals surface area (Å²) in [6.45, 7) is 10.1. The van der Waals surface area contributed by atoms with E-state index in [-0.39, 0.29) is 23.8 Å². The van der Waals surface area contributed by atoms with E-state index in [1.165, 1.54) is 0 Å². The monoisotopic (exact) mass is 313 g/mol. The Hall–Kier alpha value is -1.66. The summed E-state index contributed by atoms with van der Waals surface area (Å²) in [7, 11) is 0. The molecule has 1 atom stereocenters. The molecule has 1 fully saturated rings. The number of hydrogen-bond donors (Lipinski definition) is 1. The van der Waals surface area contributed by atoms with Crippen LogP contribution in [0.15, 0.2) is 5.18 Å². The molecule has 7 nitrogen and oxygen atoms in total. The Labute approximate surface area is 131 Å². The molecule has 0 bridgehead atoms. The minimum atomic E-state index is -0.698. The summed E-state index contributed by atoms with van der Waals surface area (Å²) < 4.78 is 5.32. The summed E-state index contributed by atoms with van der Waals surface area (Å²) in [6, 6.07) is 0. The molecule has 0 radical (unpaired) electrons. The zero-order valence-corrected chi connectivity index (χ0v) is 14.1. The summed E-state index contributed by atoms with van der Waals surface area (Å²) in [6.07, 6.45) is 0.0844. The number of amides is 2. The predicted molar refractivity (Wildman–Crippen MR) is 83.1 cm³/mol. The van der Waals surface area contributed by atoms with Crippen molar-refractivity contribution in [3.8, 4) is 0 Å². The Morgan fingerprint density at radius 1 is 1.23 bits per heavy atom. The molecule has 22 heavy (non-hydrogen) atoms. The molecule has 1 aliphatic heterocycles. The molecule has 0 aromatic rings. The number of rotatable bonds is 4. The fourth-order valence-corrected chi connectivity index (χ4v) is 2.23. The van der Waals surface area contributed by atoms with Gasteiger partial charge in [-0.3, -0.25) is 4.79 Å². The lowest BCUT2D eigenvalue weighted by atomic mass is 9.95. The third-order valence-electron chi connectivity index (χ3n) is 3.55. The molecule has 0 aliphatic carbocycles. The molecule has 0 aromatic heterocycles. The van der Waals surface area contributed by atoms with Crippen molar-refractivity contribution in [1.29, 1.82) is 0 Å². The van der Waals surface area contributed by atoms with Crippen LogP contribution < -0.4 is 5.32 Å². The second-order valence-corrected chi connectivity index (χ2v) is 7.04. The van der Waals surface area contributed by atoms with E-state index < -0.39 is 11.8 Å². The highest BCUT2D eigenvalue weighted by Gasteiger charge is 2.31. The second-order valence-electron chi connectivity index (χ2n) is 7.04. The van der Waals surface area contributed by atoms with Gasteiger partial charge in [0.25, 0.3) is 0 Å². The smallest absolute Gasteiger partial charge is 0.410 e. The Bertz CT molecular complexity index is 410. The Kier molecular flexibility index (Phi) is 6.32. The number of likely N-dealkylation sites (tertiary alicyclic amines) is 1. The summed E-state index contributed by atoms with van der Waals surface area (Å²) in [5, 5.41) is 5.60. The van der Waals surface area contributed by atoms with Crippen molar-refractivity contribution in [2.24, 2.45) is 17.0 Å². The van der Waals surface area contributed by atoms with Crippen LogP contribution in [-0.4, -0.2) is 41.8 Å². The van der Waals surface area contributed by atoms with Crippen LogP contribution in [0.3, 0.4) is 0 Å². The van der Waals surface area contributed by atoms with Gasteiger partial charge in [-0.15, -0.1) is 4.91 Å². The van der Waals surface area contributed by atoms with Gasteiger partial charge in [-0.25, -0.2) is 4.79 Å². The van der Waals surface area contributed by atoms with Gasteiger partial charge in [-0.1, -0.05) is 13.8 Å². The summed E-state index contributed by atoms with van der Waals surface area (Å²) in [5.74, 6) is -0.396. The molecule has 1 aliphatic rings. The lowest BCUT2D eigenvalue weighted by molar-refractivity contribution is -0.127. The van der Waals surface area contributed by atoms with E-state index in [9.17, 15) is 14.5 Å². The Balaban J connectivity index is 2.46. The van der Waals surface area contributed by atoms with Crippen LogP contribution in [0.4, 0.5) is 4.79 Å². The normalized spacial score (nSPS) is 18.0.